The number of hydrogen-bond donors (Lipinski definition) is 2. The molecule has 25 heavy (non-hydrogen) atoms. The lowest BCUT2D eigenvalue weighted by Crippen LogP contribution is -2.36. The van der Waals surface area contributed by atoms with E-state index in [0.29, 0.717) is 17.2 Å². The first kappa shape index (κ1) is 18.2. The molecule has 0 aliphatic carbocycles. The monoisotopic (exact) mass is 399 g/mol. The quantitative estimate of drug-likeness (QED) is 0.464. The lowest BCUT2D eigenvalue weighted by atomic mass is 10.2. The van der Waals surface area contributed by atoms with Crippen LogP contribution in [0.4, 0.5) is 17.2 Å². The fraction of sp³-hybridized carbons (Fsp3) is 0.0588. The number of anilines is 3. The molecule has 0 radical (unpaired) electrons. The molecule has 3 N–H and O–H groups in total. The molecule has 0 fully saturated rings. The zero-order valence-corrected chi connectivity index (χ0v) is 14.8. The summed E-state index contributed by atoms with van der Waals surface area (Å²) in [5.74, 6) is -0.824. The highest BCUT2D eigenvalue weighted by atomic mass is 79.9. The molecule has 1 aromatic carbocycles. The second-order valence-electron chi connectivity index (χ2n) is 4.92. The molecule has 2 amide bonds. The number of imide groups is 1. The fourth-order valence-corrected chi connectivity index (χ4v) is 2.29. The number of nitrogens with two attached hydrogens (primary N) is 1. The van der Waals surface area contributed by atoms with Crippen LogP contribution in [0, 0.1) is 11.3 Å². The summed E-state index contributed by atoms with van der Waals surface area (Å²) in [6, 6.07) is 11.4. The van der Waals surface area contributed by atoms with Gasteiger partial charge in [0.1, 0.15) is 17.5 Å². The number of carbonyl (C=O) groups is 2. The standard InChI is InChI=1S/C17H14BrN5O2/c1-11(24)23(15-4-2-14(20)3-5-15)17(25)12(9-19)10-22-16-8-13(18)6-7-21-16/h2-8,10H,20H2,1H3,(H,21,22)/b12-10-. The molecule has 2 rings (SSSR count). The van der Waals surface area contributed by atoms with Gasteiger partial charge in [0.25, 0.3) is 5.91 Å². The van der Waals surface area contributed by atoms with Gasteiger partial charge in [-0.25, -0.2) is 9.88 Å². The molecule has 1 aromatic heterocycles. The van der Waals surface area contributed by atoms with Gasteiger partial charge in [0.05, 0.1) is 5.69 Å². The maximum atomic E-state index is 12.6. The van der Waals surface area contributed by atoms with E-state index in [1.54, 1.807) is 36.5 Å². The normalized spacial score (nSPS) is 10.7. The number of nitrogens with one attached hydrogen (secondary N) is 1. The Morgan fingerprint density at radius 3 is 2.56 bits per heavy atom. The third kappa shape index (κ3) is 4.65. The van der Waals surface area contributed by atoms with Crippen molar-refractivity contribution in [1.29, 1.82) is 5.26 Å². The highest BCUT2D eigenvalue weighted by Gasteiger charge is 2.23. The smallest absolute Gasteiger partial charge is 0.277 e. The first-order valence-corrected chi connectivity index (χ1v) is 7.90. The average molecular weight is 400 g/mol. The van der Waals surface area contributed by atoms with Gasteiger partial charge in [-0.2, -0.15) is 5.26 Å². The molecule has 8 heteroatoms. The van der Waals surface area contributed by atoms with Crippen molar-refractivity contribution < 1.29 is 9.59 Å². The Balaban J connectivity index is 2.29. The fourth-order valence-electron chi connectivity index (χ4n) is 1.96. The number of pyridine rings is 1. The van der Waals surface area contributed by atoms with Crippen molar-refractivity contribution in [2.24, 2.45) is 0 Å². The van der Waals surface area contributed by atoms with E-state index >= 15 is 0 Å². The zero-order valence-electron chi connectivity index (χ0n) is 13.2. The molecule has 0 atom stereocenters. The van der Waals surface area contributed by atoms with Crippen LogP contribution in [-0.4, -0.2) is 16.8 Å². The predicted octanol–water partition coefficient (Wildman–Crippen LogP) is 2.83. The van der Waals surface area contributed by atoms with E-state index in [0.717, 1.165) is 9.37 Å². The summed E-state index contributed by atoms with van der Waals surface area (Å²) in [5.41, 5.74) is 6.20. The van der Waals surface area contributed by atoms with E-state index in [4.69, 9.17) is 5.73 Å². The van der Waals surface area contributed by atoms with Crippen LogP contribution in [0.2, 0.25) is 0 Å². The van der Waals surface area contributed by atoms with E-state index in [1.807, 2.05) is 0 Å². The van der Waals surface area contributed by atoms with Gasteiger partial charge < -0.3 is 11.1 Å². The van der Waals surface area contributed by atoms with Crippen molar-refractivity contribution in [3.8, 4) is 6.07 Å². The number of benzene rings is 1. The zero-order chi connectivity index (χ0) is 18.4. The van der Waals surface area contributed by atoms with Gasteiger partial charge >= 0.3 is 0 Å². The second-order valence-corrected chi connectivity index (χ2v) is 5.84. The first-order valence-electron chi connectivity index (χ1n) is 7.11. The van der Waals surface area contributed by atoms with Crippen LogP contribution in [0.3, 0.4) is 0 Å². The van der Waals surface area contributed by atoms with E-state index in [-0.39, 0.29) is 5.57 Å². The second kappa shape index (κ2) is 8.08. The Labute approximate surface area is 152 Å². The van der Waals surface area contributed by atoms with Gasteiger partial charge in [0.2, 0.25) is 5.91 Å². The molecule has 0 spiro atoms. The highest BCUT2D eigenvalue weighted by molar-refractivity contribution is 9.10. The molecule has 0 saturated heterocycles. The van der Waals surface area contributed by atoms with Crippen LogP contribution in [0.5, 0.6) is 0 Å². The molecule has 2 aromatic rings. The van der Waals surface area contributed by atoms with Crippen molar-refractivity contribution in [1.82, 2.24) is 4.98 Å². The van der Waals surface area contributed by atoms with E-state index in [1.165, 1.54) is 25.3 Å². The summed E-state index contributed by atoms with van der Waals surface area (Å²) in [6.45, 7) is 1.24. The molecular weight excluding hydrogens is 386 g/mol. The molecule has 126 valence electrons. The van der Waals surface area contributed by atoms with Crippen LogP contribution in [0.25, 0.3) is 0 Å². The number of halogens is 1. The molecule has 0 unspecified atom stereocenters. The highest BCUT2D eigenvalue weighted by Crippen LogP contribution is 2.19. The maximum absolute atomic E-state index is 12.6. The Morgan fingerprint density at radius 1 is 1.32 bits per heavy atom. The summed E-state index contributed by atoms with van der Waals surface area (Å²) < 4.78 is 0.787. The number of carbonyl (C=O) groups excluding carboxylic acids is 2. The van der Waals surface area contributed by atoms with Crippen molar-refractivity contribution in [2.45, 2.75) is 6.92 Å². The van der Waals surface area contributed by atoms with Crippen LogP contribution in [0.15, 0.2) is 58.8 Å². The van der Waals surface area contributed by atoms with Crippen LogP contribution >= 0.6 is 15.9 Å². The molecular formula is C17H14BrN5O2. The van der Waals surface area contributed by atoms with Gasteiger partial charge in [0.15, 0.2) is 0 Å². The number of hydrogen-bond acceptors (Lipinski definition) is 6. The Kier molecular flexibility index (Phi) is 5.87. The van der Waals surface area contributed by atoms with Crippen LogP contribution in [-0.2, 0) is 9.59 Å². The van der Waals surface area contributed by atoms with Crippen molar-refractivity contribution in [3.63, 3.8) is 0 Å². The molecule has 0 bridgehead atoms. The van der Waals surface area contributed by atoms with Crippen LogP contribution in [0.1, 0.15) is 6.92 Å². The SMILES string of the molecule is CC(=O)N(C(=O)/C(C#N)=C\Nc1cc(Br)ccn1)c1ccc(N)cc1. The van der Waals surface area contributed by atoms with E-state index in [9.17, 15) is 14.9 Å². The van der Waals surface area contributed by atoms with Gasteiger partial charge in [0, 0.05) is 29.5 Å². The molecule has 0 saturated carbocycles. The van der Waals surface area contributed by atoms with Crippen LogP contribution < -0.4 is 16.0 Å². The lowest BCUT2D eigenvalue weighted by molar-refractivity contribution is -0.123. The predicted molar refractivity (Wildman–Crippen MR) is 98.3 cm³/mol. The summed E-state index contributed by atoms with van der Waals surface area (Å²) in [5, 5.41) is 12.1. The van der Waals surface area contributed by atoms with E-state index in [2.05, 4.69) is 26.2 Å². The summed E-state index contributed by atoms with van der Waals surface area (Å²) >= 11 is 3.30. The molecule has 7 nitrogen and oxygen atoms in total. The van der Waals surface area contributed by atoms with Crippen molar-refractivity contribution in [2.75, 3.05) is 16.0 Å². The number of nitriles is 1. The minimum absolute atomic E-state index is 0.242. The van der Waals surface area contributed by atoms with E-state index < -0.39 is 11.8 Å². The third-order valence-corrected chi connectivity index (χ3v) is 3.60. The molecule has 0 aliphatic rings. The number of aromatic nitrogens is 1. The van der Waals surface area contributed by atoms with Gasteiger partial charge in [-0.15, -0.1) is 0 Å². The Morgan fingerprint density at radius 2 is 2.00 bits per heavy atom. The minimum atomic E-state index is -0.748. The number of rotatable bonds is 4. The number of amides is 2. The topological polar surface area (TPSA) is 112 Å². The summed E-state index contributed by atoms with van der Waals surface area (Å²) in [4.78, 5) is 29.5. The third-order valence-electron chi connectivity index (χ3n) is 3.11. The Bertz CT molecular complexity index is 871. The van der Waals surface area contributed by atoms with Crippen molar-refractivity contribution in [3.05, 3.63) is 58.8 Å². The Hall–Kier alpha value is -3.18. The largest absolute Gasteiger partial charge is 0.399 e. The molecule has 1 heterocycles. The summed E-state index contributed by atoms with van der Waals surface area (Å²) in [7, 11) is 0. The summed E-state index contributed by atoms with van der Waals surface area (Å²) in [6.07, 6.45) is 2.77. The van der Waals surface area contributed by atoms with Gasteiger partial charge in [-0.3, -0.25) is 9.59 Å². The molecule has 0 aliphatic heterocycles. The maximum Gasteiger partial charge on any atom is 0.277 e. The average Bonchev–Trinajstić information content (AvgIpc) is 2.57. The van der Waals surface area contributed by atoms with Crippen molar-refractivity contribution >= 4 is 44.9 Å². The number of nitrogen functional groups attached to an aromatic ring is 1. The lowest BCUT2D eigenvalue weighted by Gasteiger charge is -2.19. The minimum Gasteiger partial charge on any atom is -0.399 e. The van der Waals surface area contributed by atoms with Gasteiger partial charge in [-0.05, 0) is 36.4 Å². The van der Waals surface area contributed by atoms with Gasteiger partial charge in [-0.1, -0.05) is 15.9 Å². The first-order chi connectivity index (χ1) is 11.9. The number of nitrogens with zero attached hydrogens (tertiary/aromatic N) is 3.